The van der Waals surface area contributed by atoms with Gasteiger partial charge in [0, 0.05) is 0 Å². The van der Waals surface area contributed by atoms with E-state index < -0.39 is 5.97 Å². The van der Waals surface area contributed by atoms with E-state index in [-0.39, 0.29) is 11.9 Å². The lowest BCUT2D eigenvalue weighted by Gasteiger charge is -2.23. The normalized spacial score (nSPS) is 28.3. The average molecular weight is 197 g/mol. The lowest BCUT2D eigenvalue weighted by atomic mass is 9.84. The maximum atomic E-state index is 10.6. The second-order valence-corrected chi connectivity index (χ2v) is 4.02. The van der Waals surface area contributed by atoms with Gasteiger partial charge in [0.15, 0.2) is 0 Å². The van der Waals surface area contributed by atoms with Crippen molar-refractivity contribution in [3.63, 3.8) is 0 Å². The Hall–Kier alpha value is -1.06. The molecule has 2 rings (SSSR count). The number of carboxylic acids is 1. The first-order valence-electron chi connectivity index (χ1n) is 5.21. The summed E-state index contributed by atoms with van der Waals surface area (Å²) in [6.45, 7) is 0.465. The number of nitrogens with zero attached hydrogens (tertiary/aromatic N) is 1. The Morgan fingerprint density at radius 3 is 2.64 bits per heavy atom. The van der Waals surface area contributed by atoms with Crippen LogP contribution in [0.5, 0.6) is 0 Å². The first kappa shape index (κ1) is 9.49. The van der Waals surface area contributed by atoms with Gasteiger partial charge in [-0.25, -0.2) is 9.79 Å². The highest BCUT2D eigenvalue weighted by molar-refractivity contribution is 6.32. The molecule has 0 amide bonds. The minimum atomic E-state index is -1.04. The lowest BCUT2D eigenvalue weighted by Crippen LogP contribution is -2.22. The summed E-state index contributed by atoms with van der Waals surface area (Å²) in [5.74, 6) is -0.593. The number of carbonyl (C=O) groups is 1. The molecule has 0 aromatic carbocycles. The molecule has 1 N–H and O–H groups in total. The SMILES string of the molecule is O=C(O)C1=NC(C2CCCCC2)CO1. The van der Waals surface area contributed by atoms with Crippen molar-refractivity contribution < 1.29 is 14.6 Å². The van der Waals surface area contributed by atoms with Gasteiger partial charge in [0.1, 0.15) is 6.61 Å². The van der Waals surface area contributed by atoms with Crippen molar-refractivity contribution in [2.45, 2.75) is 38.1 Å². The molecule has 4 nitrogen and oxygen atoms in total. The van der Waals surface area contributed by atoms with Gasteiger partial charge in [-0.05, 0) is 18.8 Å². The molecule has 0 saturated heterocycles. The zero-order valence-corrected chi connectivity index (χ0v) is 8.11. The van der Waals surface area contributed by atoms with Gasteiger partial charge in [0.2, 0.25) is 0 Å². The second kappa shape index (κ2) is 3.98. The van der Waals surface area contributed by atoms with E-state index >= 15 is 0 Å². The van der Waals surface area contributed by atoms with Crippen molar-refractivity contribution in [2.75, 3.05) is 6.61 Å². The first-order valence-corrected chi connectivity index (χ1v) is 5.21. The summed E-state index contributed by atoms with van der Waals surface area (Å²) >= 11 is 0. The number of aliphatic carboxylic acids is 1. The average Bonchev–Trinajstić information content (AvgIpc) is 2.68. The van der Waals surface area contributed by atoms with Crippen molar-refractivity contribution in [1.29, 1.82) is 0 Å². The standard InChI is InChI=1S/C10H15NO3/c12-10(13)9-11-8(6-14-9)7-4-2-1-3-5-7/h7-8H,1-6H2,(H,12,13). The van der Waals surface area contributed by atoms with Crippen molar-refractivity contribution in [3.8, 4) is 0 Å². The highest BCUT2D eigenvalue weighted by Crippen LogP contribution is 2.29. The Balaban J connectivity index is 1.96. The molecule has 0 radical (unpaired) electrons. The van der Waals surface area contributed by atoms with E-state index in [1.54, 1.807) is 0 Å². The molecule has 1 aliphatic carbocycles. The zero-order valence-electron chi connectivity index (χ0n) is 8.11. The fraction of sp³-hybridized carbons (Fsp3) is 0.800. The smallest absolute Gasteiger partial charge is 0.391 e. The largest absolute Gasteiger partial charge is 0.474 e. The minimum Gasteiger partial charge on any atom is -0.474 e. The van der Waals surface area contributed by atoms with Gasteiger partial charge >= 0.3 is 5.97 Å². The van der Waals surface area contributed by atoms with E-state index in [2.05, 4.69) is 4.99 Å². The summed E-state index contributed by atoms with van der Waals surface area (Å²) in [6, 6.07) is 0.0985. The molecule has 1 heterocycles. The van der Waals surface area contributed by atoms with Crippen LogP contribution in [0.25, 0.3) is 0 Å². The van der Waals surface area contributed by atoms with Crippen molar-refractivity contribution in [3.05, 3.63) is 0 Å². The van der Waals surface area contributed by atoms with Crippen LogP contribution in [-0.4, -0.2) is 29.6 Å². The van der Waals surface area contributed by atoms with Gasteiger partial charge < -0.3 is 9.84 Å². The molecule has 0 bridgehead atoms. The summed E-state index contributed by atoms with van der Waals surface area (Å²) in [7, 11) is 0. The van der Waals surface area contributed by atoms with Crippen LogP contribution in [0.4, 0.5) is 0 Å². The molecule has 1 unspecified atom stereocenters. The van der Waals surface area contributed by atoms with Crippen LogP contribution < -0.4 is 0 Å². The summed E-state index contributed by atoms with van der Waals surface area (Å²) in [5.41, 5.74) is 0. The third kappa shape index (κ3) is 1.89. The van der Waals surface area contributed by atoms with Gasteiger partial charge in [-0.15, -0.1) is 0 Å². The topological polar surface area (TPSA) is 58.9 Å². The van der Waals surface area contributed by atoms with Gasteiger partial charge in [-0.1, -0.05) is 19.3 Å². The van der Waals surface area contributed by atoms with E-state index in [0.717, 1.165) is 0 Å². The molecule has 1 aliphatic heterocycles. The number of rotatable bonds is 2. The van der Waals surface area contributed by atoms with Crippen LogP contribution in [0.15, 0.2) is 4.99 Å². The maximum Gasteiger partial charge on any atom is 0.391 e. The molecule has 2 aliphatic rings. The zero-order chi connectivity index (χ0) is 9.97. The predicted molar refractivity (Wildman–Crippen MR) is 51.4 cm³/mol. The Bertz CT molecular complexity index is 256. The summed E-state index contributed by atoms with van der Waals surface area (Å²) in [4.78, 5) is 14.7. The predicted octanol–water partition coefficient (Wildman–Crippen LogP) is 1.45. The molecule has 78 valence electrons. The number of carboxylic acid groups (broad SMARTS) is 1. The van der Waals surface area contributed by atoms with Crippen LogP contribution >= 0.6 is 0 Å². The molecular weight excluding hydrogens is 182 g/mol. The van der Waals surface area contributed by atoms with Gasteiger partial charge in [0.05, 0.1) is 6.04 Å². The van der Waals surface area contributed by atoms with Crippen molar-refractivity contribution >= 4 is 11.9 Å². The Morgan fingerprint density at radius 2 is 2.07 bits per heavy atom. The summed E-state index contributed by atoms with van der Waals surface area (Å²) in [6.07, 6.45) is 6.15. The van der Waals surface area contributed by atoms with Crippen LogP contribution in [0.2, 0.25) is 0 Å². The Kier molecular flexibility index (Phi) is 2.70. The Labute approximate surface area is 83.0 Å². The van der Waals surface area contributed by atoms with E-state index in [4.69, 9.17) is 9.84 Å². The van der Waals surface area contributed by atoms with Crippen LogP contribution in [0.3, 0.4) is 0 Å². The first-order chi connectivity index (χ1) is 6.77. The highest BCUT2D eigenvalue weighted by Gasteiger charge is 2.30. The number of aliphatic imine (C=N–C) groups is 1. The Morgan fingerprint density at radius 1 is 1.36 bits per heavy atom. The third-order valence-corrected chi connectivity index (χ3v) is 3.05. The van der Waals surface area contributed by atoms with Gasteiger partial charge in [-0.2, -0.15) is 0 Å². The number of hydrogen-bond donors (Lipinski definition) is 1. The lowest BCUT2D eigenvalue weighted by molar-refractivity contribution is -0.130. The van der Waals surface area contributed by atoms with Crippen molar-refractivity contribution in [1.82, 2.24) is 0 Å². The summed E-state index contributed by atoms with van der Waals surface area (Å²) < 4.78 is 5.03. The third-order valence-electron chi connectivity index (χ3n) is 3.05. The molecule has 1 fully saturated rings. The molecular formula is C10H15NO3. The molecule has 0 aromatic heterocycles. The minimum absolute atomic E-state index is 0.0967. The van der Waals surface area contributed by atoms with Crippen LogP contribution in [0.1, 0.15) is 32.1 Å². The van der Waals surface area contributed by atoms with Crippen LogP contribution in [0, 0.1) is 5.92 Å². The maximum absolute atomic E-state index is 10.6. The fourth-order valence-electron chi connectivity index (χ4n) is 2.27. The summed E-state index contributed by atoms with van der Waals surface area (Å²) in [5, 5.41) is 8.67. The highest BCUT2D eigenvalue weighted by atomic mass is 16.5. The fourth-order valence-corrected chi connectivity index (χ4v) is 2.27. The van der Waals surface area contributed by atoms with Crippen LogP contribution in [-0.2, 0) is 9.53 Å². The molecule has 0 spiro atoms. The van der Waals surface area contributed by atoms with Gasteiger partial charge in [-0.3, -0.25) is 0 Å². The molecule has 1 atom stereocenters. The molecule has 0 aromatic rings. The quantitative estimate of drug-likeness (QED) is 0.728. The number of hydrogen-bond acceptors (Lipinski definition) is 3. The van der Waals surface area contributed by atoms with E-state index in [1.165, 1.54) is 32.1 Å². The number of ether oxygens (including phenoxy) is 1. The molecule has 1 saturated carbocycles. The molecule has 4 heteroatoms. The van der Waals surface area contributed by atoms with E-state index in [0.29, 0.717) is 12.5 Å². The van der Waals surface area contributed by atoms with Crippen molar-refractivity contribution in [2.24, 2.45) is 10.9 Å². The van der Waals surface area contributed by atoms with E-state index in [9.17, 15) is 4.79 Å². The van der Waals surface area contributed by atoms with E-state index in [1.807, 2.05) is 0 Å². The molecule has 14 heavy (non-hydrogen) atoms. The van der Waals surface area contributed by atoms with Gasteiger partial charge in [0.25, 0.3) is 5.90 Å². The second-order valence-electron chi connectivity index (χ2n) is 4.02. The monoisotopic (exact) mass is 197 g/mol.